The van der Waals surface area contributed by atoms with Crippen molar-refractivity contribution >= 4 is 46.2 Å². The molecule has 0 atom stereocenters. The van der Waals surface area contributed by atoms with Crippen molar-refractivity contribution in [1.29, 1.82) is 0 Å². The Bertz CT molecular complexity index is 2860. The number of hydrogen-bond acceptors (Lipinski definition) is 10. The van der Waals surface area contributed by atoms with Crippen LogP contribution in [0.15, 0.2) is 48.5 Å². The smallest absolute Gasteiger partial charge is 0.345 e. The Morgan fingerprint density at radius 1 is 0.463 bits per heavy atom. The van der Waals surface area contributed by atoms with Gasteiger partial charge in [0.15, 0.2) is 0 Å². The van der Waals surface area contributed by atoms with E-state index in [-0.39, 0.29) is 22.3 Å². The van der Waals surface area contributed by atoms with Crippen LogP contribution >= 0.6 is 0 Å². The molecule has 0 N–H and O–H groups in total. The number of esters is 4. The van der Waals surface area contributed by atoms with Gasteiger partial charge in [0.25, 0.3) is 0 Å². The van der Waals surface area contributed by atoms with Crippen LogP contribution in [0.4, 0.5) is 0 Å². The lowest BCUT2D eigenvalue weighted by molar-refractivity contribution is -0.129. The molecule has 9 rings (SSSR count). The molecule has 4 aromatic carbocycles. The lowest BCUT2D eigenvalue weighted by atomic mass is 9.63. The lowest BCUT2D eigenvalue weighted by Gasteiger charge is -2.40. The van der Waals surface area contributed by atoms with Gasteiger partial charge in [-0.2, -0.15) is 0 Å². The third kappa shape index (κ3) is 8.04. The zero-order valence-corrected chi connectivity index (χ0v) is 41.8. The molecule has 0 aromatic heterocycles. The molecule has 5 aliphatic rings. The minimum atomic E-state index is -0.628. The Labute approximate surface area is 395 Å². The number of ether oxygens (including phenoxy) is 6. The van der Waals surface area contributed by atoms with Gasteiger partial charge in [0, 0.05) is 44.4 Å². The first kappa shape index (κ1) is 47.3. The molecule has 0 spiro atoms. The number of rotatable bonds is 4. The number of methoxy groups -OCH3 is 2. The summed E-state index contributed by atoms with van der Waals surface area (Å²) in [5, 5.41) is 0. The first-order chi connectivity index (χ1) is 31.3. The molecule has 4 heterocycles. The van der Waals surface area contributed by atoms with E-state index in [1.807, 2.05) is 72.7 Å². The third-order valence-corrected chi connectivity index (χ3v) is 13.4. The van der Waals surface area contributed by atoms with Crippen LogP contribution in [0.5, 0.6) is 34.5 Å². The number of fused-ring (bicyclic) bond motifs is 4. The van der Waals surface area contributed by atoms with E-state index < -0.39 is 45.5 Å². The largest absolute Gasteiger partial charge is 0.497 e. The second-order valence-corrected chi connectivity index (χ2v) is 22.4. The number of hydrogen-bond donors (Lipinski definition) is 0. The monoisotopic (exact) mass is 908 g/mol. The molecule has 67 heavy (non-hydrogen) atoms. The van der Waals surface area contributed by atoms with Gasteiger partial charge in [-0.3, -0.25) is 0 Å². The van der Waals surface area contributed by atoms with E-state index in [0.717, 1.165) is 71.4 Å². The highest BCUT2D eigenvalue weighted by Crippen LogP contribution is 2.56. The van der Waals surface area contributed by atoms with E-state index >= 15 is 0 Å². The van der Waals surface area contributed by atoms with Crippen molar-refractivity contribution in [3.63, 3.8) is 0 Å². The average molecular weight is 909 g/mol. The van der Waals surface area contributed by atoms with Crippen LogP contribution in [0, 0.1) is 12.8 Å². The summed E-state index contributed by atoms with van der Waals surface area (Å²) in [6.07, 6.45) is 4.42. The van der Waals surface area contributed by atoms with E-state index in [4.69, 9.17) is 28.4 Å². The summed E-state index contributed by atoms with van der Waals surface area (Å²) in [5.41, 5.74) is 5.74. The zero-order valence-electron chi connectivity index (χ0n) is 41.8. The predicted octanol–water partition coefficient (Wildman–Crippen LogP) is 12.3. The Hall–Kier alpha value is -6.16. The maximum absolute atomic E-state index is 14.3. The van der Waals surface area contributed by atoms with E-state index in [9.17, 15) is 19.2 Å². The van der Waals surface area contributed by atoms with Gasteiger partial charge >= 0.3 is 23.9 Å². The molecule has 0 bridgehead atoms. The van der Waals surface area contributed by atoms with Crippen molar-refractivity contribution < 1.29 is 47.6 Å². The first-order valence-corrected chi connectivity index (χ1v) is 23.5. The van der Waals surface area contributed by atoms with Crippen molar-refractivity contribution in [3.8, 4) is 34.5 Å². The number of benzene rings is 4. The molecule has 0 radical (unpaired) electrons. The van der Waals surface area contributed by atoms with Gasteiger partial charge in [0.2, 0.25) is 0 Å². The number of carbonyl (C=O) groups is 4. The van der Waals surface area contributed by atoms with Crippen LogP contribution in [0.2, 0.25) is 0 Å². The molecule has 1 aliphatic carbocycles. The van der Waals surface area contributed by atoms with Crippen molar-refractivity contribution in [2.75, 3.05) is 14.2 Å². The van der Waals surface area contributed by atoms with E-state index in [1.54, 1.807) is 26.4 Å². The minimum absolute atomic E-state index is 0.141. The second-order valence-electron chi connectivity index (χ2n) is 22.4. The van der Waals surface area contributed by atoms with Crippen molar-refractivity contribution in [3.05, 3.63) is 104 Å². The molecule has 0 saturated heterocycles. The Kier molecular flexibility index (Phi) is 11.7. The van der Waals surface area contributed by atoms with E-state index in [0.29, 0.717) is 56.8 Å². The molecule has 10 nitrogen and oxygen atoms in total. The van der Waals surface area contributed by atoms with Crippen LogP contribution < -0.4 is 28.4 Å². The van der Waals surface area contributed by atoms with E-state index in [2.05, 4.69) is 53.7 Å². The van der Waals surface area contributed by atoms with Crippen LogP contribution in [0.25, 0.3) is 22.3 Å². The van der Waals surface area contributed by atoms with Crippen molar-refractivity contribution in [1.82, 2.24) is 0 Å². The van der Waals surface area contributed by atoms with E-state index in [1.165, 1.54) is 0 Å². The summed E-state index contributed by atoms with van der Waals surface area (Å²) in [6, 6.07) is 15.5. The van der Waals surface area contributed by atoms with Crippen LogP contribution in [0.3, 0.4) is 0 Å². The molecule has 0 amide bonds. The standard InChI is InChI=1S/C53H54O10.C4H10/c1-26-18-27(19-31-38(46(54)60-42(26)31)40-33-22-29(58-11)24-36(51(5,6)7)44(33)62-48(40)56)53(16-14-13-15-17-53)28-20-32-39(47(55)61-43(32)35(21-28)50(2,3)4)41-34-23-30(59-12)25-37(52(8,9)10)45(34)63-49(41)57;1-4(2)3/h18-25H,13-17H2,1-12H3;4H,1-3H3/b40-38+,41-39+;. The molecular weight excluding hydrogens is 845 g/mol. The summed E-state index contributed by atoms with van der Waals surface area (Å²) >= 11 is 0. The fourth-order valence-corrected chi connectivity index (χ4v) is 10.1. The number of carbonyl (C=O) groups excluding carboxylic acids is 4. The highest BCUT2D eigenvalue weighted by Gasteiger charge is 2.47. The highest BCUT2D eigenvalue weighted by atomic mass is 16.6. The van der Waals surface area contributed by atoms with Gasteiger partial charge in [-0.25, -0.2) is 19.2 Å². The maximum Gasteiger partial charge on any atom is 0.345 e. The third-order valence-electron chi connectivity index (χ3n) is 13.4. The normalized spacial score (nSPS) is 19.5. The SMILES string of the molecule is CC(C)C.COc1cc2c(c(C(C)(C)C)c1)OC(=O)/C2=C1/C(=O)Oc2c(C)cc(C3(c4cc5c(c(C(C)(C)C)c4)OC(=O)/C5=C4/C(=O)Oc5c4cc(OC)cc5C(C)(C)C)CCCCC3)cc21. The fourth-order valence-electron chi connectivity index (χ4n) is 10.1. The fraction of sp³-hybridized carbons (Fsp3) is 0.439. The van der Waals surface area contributed by atoms with Crippen LogP contribution in [0.1, 0.15) is 171 Å². The maximum atomic E-state index is 14.3. The van der Waals surface area contributed by atoms with Crippen molar-refractivity contribution in [2.45, 2.75) is 144 Å². The lowest BCUT2D eigenvalue weighted by Crippen LogP contribution is -2.31. The molecule has 10 heteroatoms. The summed E-state index contributed by atoms with van der Waals surface area (Å²) in [7, 11) is 3.14. The summed E-state index contributed by atoms with van der Waals surface area (Å²) in [4.78, 5) is 56.5. The highest BCUT2D eigenvalue weighted by molar-refractivity contribution is 6.42. The second kappa shape index (κ2) is 16.6. The molecule has 4 aliphatic heterocycles. The van der Waals surface area contributed by atoms with Gasteiger partial charge in [0.05, 0.1) is 36.5 Å². The quantitative estimate of drug-likeness (QED) is 0.111. The molecule has 0 unspecified atom stereocenters. The molecule has 1 saturated carbocycles. The van der Waals surface area contributed by atoms with Gasteiger partial charge in [-0.15, -0.1) is 0 Å². The molecular formula is C57H64O10. The first-order valence-electron chi connectivity index (χ1n) is 23.5. The molecule has 1 fully saturated rings. The average Bonchev–Trinajstić information content (AvgIpc) is 3.95. The Morgan fingerprint density at radius 2 is 0.776 bits per heavy atom. The number of aryl methyl sites for hydroxylation is 1. The molecule has 4 aromatic rings. The van der Waals surface area contributed by atoms with Gasteiger partial charge in [-0.1, -0.05) is 114 Å². The van der Waals surface area contributed by atoms with Gasteiger partial charge < -0.3 is 28.4 Å². The van der Waals surface area contributed by atoms with Gasteiger partial charge in [-0.05, 0) is 95.0 Å². The topological polar surface area (TPSA) is 124 Å². The Morgan fingerprint density at radius 3 is 1.13 bits per heavy atom. The summed E-state index contributed by atoms with van der Waals surface area (Å²) < 4.78 is 35.6. The Balaban J connectivity index is 0.00000146. The predicted molar refractivity (Wildman–Crippen MR) is 260 cm³/mol. The zero-order chi connectivity index (χ0) is 48.9. The van der Waals surface area contributed by atoms with Crippen molar-refractivity contribution in [2.24, 2.45) is 5.92 Å². The van der Waals surface area contributed by atoms with Gasteiger partial charge in [0.1, 0.15) is 34.5 Å². The minimum Gasteiger partial charge on any atom is -0.497 e. The van der Waals surface area contributed by atoms with Crippen LogP contribution in [-0.2, 0) is 40.8 Å². The summed E-state index contributed by atoms with van der Waals surface area (Å²) in [6.45, 7) is 26.9. The molecule has 352 valence electrons. The summed E-state index contributed by atoms with van der Waals surface area (Å²) in [5.74, 6) is 1.04. The van der Waals surface area contributed by atoms with Crippen LogP contribution in [-0.4, -0.2) is 38.1 Å².